The fourth-order valence-electron chi connectivity index (χ4n) is 3.70. The Hall–Kier alpha value is -3.34. The molecule has 4 aromatic rings. The highest BCUT2D eigenvalue weighted by molar-refractivity contribution is 7.90. The number of fused-ring (bicyclic) bond motifs is 1. The van der Waals surface area contributed by atoms with Crippen LogP contribution >= 0.6 is 0 Å². The summed E-state index contributed by atoms with van der Waals surface area (Å²) in [4.78, 5) is 16.2. The van der Waals surface area contributed by atoms with E-state index >= 15 is 0 Å². The van der Waals surface area contributed by atoms with Crippen molar-refractivity contribution in [2.24, 2.45) is 5.92 Å². The summed E-state index contributed by atoms with van der Waals surface area (Å²) in [5.74, 6) is -1.34. The molecule has 0 saturated heterocycles. The van der Waals surface area contributed by atoms with E-state index in [0.29, 0.717) is 22.8 Å². The highest BCUT2D eigenvalue weighted by atomic mass is 32.2. The number of anilines is 1. The summed E-state index contributed by atoms with van der Waals surface area (Å²) >= 11 is 0. The van der Waals surface area contributed by atoms with Gasteiger partial charge in [-0.15, -0.1) is 0 Å². The summed E-state index contributed by atoms with van der Waals surface area (Å²) in [6, 6.07) is 4.86. The quantitative estimate of drug-likeness (QED) is 0.427. The first-order chi connectivity index (χ1) is 15.8. The van der Waals surface area contributed by atoms with Crippen LogP contribution in [-0.4, -0.2) is 38.1 Å². The molecule has 0 spiro atoms. The predicted octanol–water partition coefficient (Wildman–Crippen LogP) is 4.48. The van der Waals surface area contributed by atoms with Gasteiger partial charge in [0.15, 0.2) is 5.65 Å². The first kappa shape index (κ1) is 23.8. The van der Waals surface area contributed by atoms with E-state index in [1.54, 1.807) is 19.9 Å². The van der Waals surface area contributed by atoms with Gasteiger partial charge in [-0.3, -0.25) is 0 Å². The lowest BCUT2D eigenvalue weighted by molar-refractivity contribution is 0.552. The predicted molar refractivity (Wildman–Crippen MR) is 128 cm³/mol. The van der Waals surface area contributed by atoms with E-state index in [9.17, 15) is 17.2 Å². The standard InChI is InChI=1S/C23H26F2N6O2S/c1-12(2)11-34(32,33)31-17-8-13(10-27-20(17)30-22(31)26)18-19(29-21(28-18)23(3,4)5)15-7-6-14(24)9-16(15)25/h6-10,12H,11H2,1-5H3,(H,28,29)(H2,26,27,30). The molecule has 0 aliphatic rings. The van der Waals surface area contributed by atoms with Crippen LogP contribution < -0.4 is 5.73 Å². The zero-order valence-electron chi connectivity index (χ0n) is 19.5. The molecule has 34 heavy (non-hydrogen) atoms. The van der Waals surface area contributed by atoms with Crippen molar-refractivity contribution >= 4 is 27.1 Å². The molecule has 0 atom stereocenters. The number of hydrogen-bond donors (Lipinski definition) is 2. The summed E-state index contributed by atoms with van der Waals surface area (Å²) in [5, 5.41) is 0. The Kier molecular flexibility index (Phi) is 5.71. The minimum absolute atomic E-state index is 0.125. The van der Waals surface area contributed by atoms with E-state index in [2.05, 4.69) is 19.9 Å². The Morgan fingerprint density at radius 3 is 2.47 bits per heavy atom. The maximum atomic E-state index is 14.7. The van der Waals surface area contributed by atoms with E-state index in [-0.39, 0.29) is 34.3 Å². The Morgan fingerprint density at radius 2 is 1.85 bits per heavy atom. The average molecular weight is 489 g/mol. The van der Waals surface area contributed by atoms with Crippen LogP contribution in [0.15, 0.2) is 30.5 Å². The van der Waals surface area contributed by atoms with Crippen molar-refractivity contribution in [3.63, 3.8) is 0 Å². The Labute approximate surface area is 196 Å². The SMILES string of the molecule is CC(C)CS(=O)(=O)n1c(N)nc2ncc(-c3nc(C(C)(C)C)[nH]c3-c3ccc(F)cc3F)cc21. The van der Waals surface area contributed by atoms with Crippen molar-refractivity contribution in [2.75, 3.05) is 11.5 Å². The third kappa shape index (κ3) is 4.27. The molecule has 0 fully saturated rings. The highest BCUT2D eigenvalue weighted by Gasteiger charge is 2.27. The average Bonchev–Trinajstić information content (AvgIpc) is 3.27. The Bertz CT molecular complexity index is 1500. The fraction of sp³-hybridized carbons (Fsp3) is 0.348. The number of aromatic nitrogens is 5. The smallest absolute Gasteiger partial charge is 0.242 e. The van der Waals surface area contributed by atoms with Gasteiger partial charge in [0, 0.05) is 28.8 Å². The minimum Gasteiger partial charge on any atom is -0.368 e. The van der Waals surface area contributed by atoms with E-state index in [1.807, 2.05) is 20.8 Å². The molecule has 1 aromatic carbocycles. The molecule has 0 bridgehead atoms. The topological polar surface area (TPSA) is 120 Å². The normalized spacial score (nSPS) is 12.7. The summed E-state index contributed by atoms with van der Waals surface area (Å²) in [5.41, 5.74) is 7.12. The van der Waals surface area contributed by atoms with E-state index in [0.717, 1.165) is 16.1 Å². The molecule has 0 radical (unpaired) electrons. The number of nitrogens with two attached hydrogens (primary N) is 1. The van der Waals surface area contributed by atoms with Gasteiger partial charge in [-0.05, 0) is 24.1 Å². The van der Waals surface area contributed by atoms with Crippen LogP contribution in [0.2, 0.25) is 0 Å². The molecule has 0 saturated carbocycles. The van der Waals surface area contributed by atoms with Crippen molar-refractivity contribution in [3.8, 4) is 22.5 Å². The first-order valence-electron chi connectivity index (χ1n) is 10.7. The van der Waals surface area contributed by atoms with Crippen LogP contribution in [0.3, 0.4) is 0 Å². The number of hydrogen-bond acceptors (Lipinski definition) is 6. The largest absolute Gasteiger partial charge is 0.368 e. The molecular formula is C23H26F2N6O2S. The van der Waals surface area contributed by atoms with E-state index in [4.69, 9.17) is 5.73 Å². The van der Waals surface area contributed by atoms with Gasteiger partial charge < -0.3 is 10.7 Å². The van der Waals surface area contributed by atoms with Crippen LogP contribution in [0, 0.1) is 17.6 Å². The summed E-state index contributed by atoms with van der Waals surface area (Å²) < 4.78 is 55.2. The second kappa shape index (κ2) is 8.15. The minimum atomic E-state index is -3.80. The lowest BCUT2D eigenvalue weighted by Crippen LogP contribution is -2.21. The third-order valence-corrected chi connectivity index (χ3v) is 7.23. The molecule has 4 rings (SSSR count). The number of halogens is 2. The maximum absolute atomic E-state index is 14.7. The van der Waals surface area contributed by atoms with Crippen molar-refractivity contribution in [3.05, 3.63) is 47.9 Å². The molecule has 11 heteroatoms. The van der Waals surface area contributed by atoms with Gasteiger partial charge in [0.25, 0.3) is 0 Å². The Morgan fingerprint density at radius 1 is 1.15 bits per heavy atom. The second-order valence-corrected chi connectivity index (χ2v) is 11.5. The van der Waals surface area contributed by atoms with Gasteiger partial charge >= 0.3 is 0 Å². The second-order valence-electron chi connectivity index (χ2n) is 9.66. The zero-order chi connectivity index (χ0) is 25.0. The van der Waals surface area contributed by atoms with Gasteiger partial charge in [-0.2, -0.15) is 4.98 Å². The van der Waals surface area contributed by atoms with E-state index in [1.165, 1.54) is 12.3 Å². The van der Waals surface area contributed by atoms with Crippen LogP contribution in [-0.2, 0) is 15.4 Å². The number of nitrogens with zero attached hydrogens (tertiary/aromatic N) is 4. The molecule has 3 aromatic heterocycles. The first-order valence-corrected chi connectivity index (χ1v) is 12.3. The number of aromatic amines is 1. The van der Waals surface area contributed by atoms with Gasteiger partial charge in [0.05, 0.1) is 17.1 Å². The molecule has 0 aliphatic carbocycles. The molecular weight excluding hydrogens is 462 g/mol. The van der Waals surface area contributed by atoms with Crippen LogP contribution in [0.4, 0.5) is 14.7 Å². The summed E-state index contributed by atoms with van der Waals surface area (Å²) in [6.07, 6.45) is 1.47. The molecule has 0 unspecified atom stereocenters. The number of H-pyrrole nitrogens is 1. The number of rotatable bonds is 5. The third-order valence-electron chi connectivity index (χ3n) is 5.20. The van der Waals surface area contributed by atoms with Gasteiger partial charge in [-0.25, -0.2) is 31.1 Å². The van der Waals surface area contributed by atoms with Crippen molar-refractivity contribution in [1.82, 2.24) is 23.9 Å². The van der Waals surface area contributed by atoms with Gasteiger partial charge in [-0.1, -0.05) is 34.6 Å². The molecule has 3 N–H and O–H groups in total. The molecule has 8 nitrogen and oxygen atoms in total. The van der Waals surface area contributed by atoms with Crippen molar-refractivity contribution < 1.29 is 17.2 Å². The lowest BCUT2D eigenvalue weighted by atomic mass is 9.96. The number of nitrogens with one attached hydrogen (secondary N) is 1. The van der Waals surface area contributed by atoms with E-state index < -0.39 is 27.1 Å². The van der Waals surface area contributed by atoms with Crippen LogP contribution in [0.1, 0.15) is 40.4 Å². The van der Waals surface area contributed by atoms with Crippen molar-refractivity contribution in [1.29, 1.82) is 0 Å². The number of benzene rings is 1. The van der Waals surface area contributed by atoms with Crippen LogP contribution in [0.25, 0.3) is 33.7 Å². The number of pyridine rings is 1. The van der Waals surface area contributed by atoms with Gasteiger partial charge in [0.2, 0.25) is 16.0 Å². The van der Waals surface area contributed by atoms with Crippen molar-refractivity contribution in [2.45, 2.75) is 40.0 Å². The number of nitrogen functional groups attached to an aromatic ring is 1. The highest BCUT2D eigenvalue weighted by Crippen LogP contribution is 2.36. The monoisotopic (exact) mass is 488 g/mol. The molecule has 0 aliphatic heterocycles. The summed E-state index contributed by atoms with van der Waals surface area (Å²) in [6.45, 7) is 9.40. The van der Waals surface area contributed by atoms with Crippen LogP contribution in [0.5, 0.6) is 0 Å². The molecule has 3 heterocycles. The maximum Gasteiger partial charge on any atom is 0.242 e. The zero-order valence-corrected chi connectivity index (χ0v) is 20.3. The molecule has 180 valence electrons. The summed E-state index contributed by atoms with van der Waals surface area (Å²) in [7, 11) is -3.80. The van der Waals surface area contributed by atoms with Gasteiger partial charge in [0.1, 0.15) is 23.0 Å². The lowest BCUT2D eigenvalue weighted by Gasteiger charge is -2.14. The number of imidazole rings is 2. The fourth-order valence-corrected chi connectivity index (χ4v) is 5.45. The Balaban J connectivity index is 1.97. The molecule has 0 amide bonds.